The third kappa shape index (κ3) is 6.80. The number of nitrogens with zero attached hydrogens (tertiary/aromatic N) is 1. The van der Waals surface area contributed by atoms with Crippen LogP contribution in [0.4, 0.5) is 18.9 Å². The van der Waals surface area contributed by atoms with Gasteiger partial charge in [0.05, 0.1) is 28.9 Å². The van der Waals surface area contributed by atoms with E-state index in [9.17, 15) is 31.5 Å². The molecule has 1 amide bonds. The number of anilines is 1. The van der Waals surface area contributed by atoms with E-state index < -0.39 is 21.6 Å². The van der Waals surface area contributed by atoms with E-state index in [4.69, 9.17) is 0 Å². The summed E-state index contributed by atoms with van der Waals surface area (Å²) in [5, 5.41) is 12.8. The maximum atomic E-state index is 12.9. The first-order valence-electron chi connectivity index (χ1n) is 12.8. The topological polar surface area (TPSA) is 86.7 Å². The van der Waals surface area contributed by atoms with Crippen molar-refractivity contribution in [3.63, 3.8) is 0 Å². The summed E-state index contributed by atoms with van der Waals surface area (Å²) in [7, 11) is -3.28. The maximum absolute atomic E-state index is 12.9. The summed E-state index contributed by atoms with van der Waals surface area (Å²) in [4.78, 5) is 15.0. The van der Waals surface area contributed by atoms with Crippen LogP contribution in [-0.2, 0) is 22.6 Å². The Balaban J connectivity index is 1.40. The average molecular weight is 561 g/mol. The SMILES string of the molecule is CCS(=O)(=O)c1ccc(CNC(=O)c2ccc(N3CC(c4ccc(C(F)(F)F)cc4)CC[C@H]3CO)cc2)cc1. The zero-order chi connectivity index (χ0) is 28.2. The summed E-state index contributed by atoms with van der Waals surface area (Å²) in [5.41, 5.74) is 2.17. The first-order valence-corrected chi connectivity index (χ1v) is 14.4. The Labute approximate surface area is 226 Å². The number of alkyl halides is 3. The Bertz CT molecular complexity index is 1370. The van der Waals surface area contributed by atoms with Gasteiger partial charge >= 0.3 is 6.18 Å². The second-order valence-electron chi connectivity index (χ2n) is 9.66. The first kappa shape index (κ1) is 28.6. The van der Waals surface area contributed by atoms with Crippen LogP contribution in [-0.4, -0.2) is 44.4 Å². The molecule has 0 saturated carbocycles. The molecule has 2 atom stereocenters. The van der Waals surface area contributed by atoms with Crippen molar-refractivity contribution in [2.45, 2.75) is 49.3 Å². The highest BCUT2D eigenvalue weighted by Gasteiger charge is 2.32. The third-order valence-corrected chi connectivity index (χ3v) is 8.95. The number of halogens is 3. The number of carbonyl (C=O) groups excluding carboxylic acids is 1. The molecule has 1 unspecified atom stereocenters. The minimum atomic E-state index is -4.38. The normalized spacial score (nSPS) is 18.1. The highest BCUT2D eigenvalue weighted by atomic mass is 32.2. The largest absolute Gasteiger partial charge is 0.416 e. The van der Waals surface area contributed by atoms with Crippen LogP contribution in [0.5, 0.6) is 0 Å². The van der Waals surface area contributed by atoms with Gasteiger partial charge in [0.25, 0.3) is 5.91 Å². The Kier molecular flexibility index (Phi) is 8.66. The van der Waals surface area contributed by atoms with E-state index in [2.05, 4.69) is 5.32 Å². The van der Waals surface area contributed by atoms with E-state index in [1.54, 1.807) is 43.3 Å². The molecule has 10 heteroatoms. The number of sulfone groups is 1. The molecule has 3 aromatic rings. The maximum Gasteiger partial charge on any atom is 0.416 e. The number of hydrogen-bond donors (Lipinski definition) is 2. The first-order chi connectivity index (χ1) is 18.5. The third-order valence-electron chi connectivity index (χ3n) is 7.20. The molecular weight excluding hydrogens is 529 g/mol. The fourth-order valence-electron chi connectivity index (χ4n) is 4.82. The number of amides is 1. The van der Waals surface area contributed by atoms with Crippen LogP contribution in [0.3, 0.4) is 0 Å². The molecule has 2 N–H and O–H groups in total. The fraction of sp³-hybridized carbons (Fsp3) is 0.345. The van der Waals surface area contributed by atoms with Gasteiger partial charge in [0.1, 0.15) is 0 Å². The van der Waals surface area contributed by atoms with Gasteiger partial charge in [-0.1, -0.05) is 31.2 Å². The van der Waals surface area contributed by atoms with Gasteiger partial charge in [-0.25, -0.2) is 8.42 Å². The molecule has 1 fully saturated rings. The molecule has 1 heterocycles. The molecule has 4 rings (SSSR count). The molecule has 0 aliphatic carbocycles. The highest BCUT2D eigenvalue weighted by molar-refractivity contribution is 7.91. The smallest absolute Gasteiger partial charge is 0.394 e. The number of aliphatic hydroxyl groups excluding tert-OH is 1. The van der Waals surface area contributed by atoms with Crippen LogP contribution in [0.1, 0.15) is 52.7 Å². The molecule has 0 spiro atoms. The van der Waals surface area contributed by atoms with Crippen molar-refractivity contribution in [2.24, 2.45) is 0 Å². The van der Waals surface area contributed by atoms with Crippen LogP contribution in [0.15, 0.2) is 77.7 Å². The number of hydrogen-bond acceptors (Lipinski definition) is 5. The second kappa shape index (κ2) is 11.8. The Morgan fingerprint density at radius 2 is 1.62 bits per heavy atom. The summed E-state index contributed by atoms with van der Waals surface area (Å²) in [6.45, 7) is 2.30. The summed E-state index contributed by atoms with van der Waals surface area (Å²) >= 11 is 0. The molecule has 1 saturated heterocycles. The van der Waals surface area contributed by atoms with Gasteiger partial charge in [-0.05, 0) is 72.5 Å². The van der Waals surface area contributed by atoms with Gasteiger partial charge in [0.2, 0.25) is 0 Å². The van der Waals surface area contributed by atoms with Crippen molar-refractivity contribution >= 4 is 21.4 Å². The van der Waals surface area contributed by atoms with Gasteiger partial charge < -0.3 is 15.3 Å². The van der Waals surface area contributed by atoms with Crippen LogP contribution < -0.4 is 10.2 Å². The molecule has 1 aliphatic rings. The predicted octanol–water partition coefficient (Wildman–Crippen LogP) is 5.17. The summed E-state index contributed by atoms with van der Waals surface area (Å²) in [6, 6.07) is 18.5. The Morgan fingerprint density at radius 1 is 0.974 bits per heavy atom. The number of carbonyl (C=O) groups is 1. The minimum absolute atomic E-state index is 0.0109. The Morgan fingerprint density at radius 3 is 2.18 bits per heavy atom. The molecule has 6 nitrogen and oxygen atoms in total. The minimum Gasteiger partial charge on any atom is -0.394 e. The molecule has 0 radical (unpaired) electrons. The molecule has 0 bridgehead atoms. The monoisotopic (exact) mass is 560 g/mol. The summed E-state index contributed by atoms with van der Waals surface area (Å²) in [6.07, 6.45) is -2.95. The van der Waals surface area contributed by atoms with Gasteiger partial charge in [0.15, 0.2) is 9.84 Å². The lowest BCUT2D eigenvalue weighted by Gasteiger charge is -2.41. The van der Waals surface area contributed by atoms with Crippen molar-refractivity contribution in [1.29, 1.82) is 0 Å². The van der Waals surface area contributed by atoms with E-state index in [1.165, 1.54) is 24.3 Å². The summed E-state index contributed by atoms with van der Waals surface area (Å²) in [5.74, 6) is -0.255. The van der Waals surface area contributed by atoms with Crippen molar-refractivity contribution < 1.29 is 31.5 Å². The highest BCUT2D eigenvalue weighted by Crippen LogP contribution is 2.35. The van der Waals surface area contributed by atoms with Gasteiger partial charge in [-0.15, -0.1) is 0 Å². The number of piperidine rings is 1. The molecule has 208 valence electrons. The van der Waals surface area contributed by atoms with Gasteiger partial charge in [-0.3, -0.25) is 4.79 Å². The number of aliphatic hydroxyl groups is 1. The van der Waals surface area contributed by atoms with Gasteiger partial charge in [0, 0.05) is 30.3 Å². The van der Waals surface area contributed by atoms with Gasteiger partial charge in [-0.2, -0.15) is 13.2 Å². The summed E-state index contributed by atoms with van der Waals surface area (Å²) < 4.78 is 62.8. The van der Waals surface area contributed by atoms with Crippen LogP contribution >= 0.6 is 0 Å². The van der Waals surface area contributed by atoms with E-state index >= 15 is 0 Å². The standard InChI is InChI=1S/C29H31F3N2O4S/c1-2-39(37,38)27-15-3-20(4-16-27)17-33-28(36)22-7-12-25(13-8-22)34-18-23(9-14-26(34)19-35)21-5-10-24(11-6-21)29(30,31)32/h3-8,10-13,15-16,23,26,35H,2,9,14,17-19H2,1H3,(H,33,36)/t23?,26-/m0/s1. The lowest BCUT2D eigenvalue weighted by molar-refractivity contribution is -0.137. The lowest BCUT2D eigenvalue weighted by Crippen LogP contribution is -2.44. The fourth-order valence-corrected chi connectivity index (χ4v) is 5.70. The zero-order valence-electron chi connectivity index (χ0n) is 21.5. The number of rotatable bonds is 8. The van der Waals surface area contributed by atoms with E-state index in [0.29, 0.717) is 18.5 Å². The molecule has 0 aromatic heterocycles. The van der Waals surface area contributed by atoms with Crippen molar-refractivity contribution in [3.05, 3.63) is 95.1 Å². The quantitative estimate of drug-likeness (QED) is 0.397. The van der Waals surface area contributed by atoms with E-state index in [-0.39, 0.29) is 41.7 Å². The van der Waals surface area contributed by atoms with E-state index in [0.717, 1.165) is 35.4 Å². The Hall–Kier alpha value is -3.37. The van der Waals surface area contributed by atoms with Crippen LogP contribution in [0.25, 0.3) is 0 Å². The average Bonchev–Trinajstić information content (AvgIpc) is 2.95. The molecule has 3 aromatic carbocycles. The lowest BCUT2D eigenvalue weighted by atomic mass is 9.86. The zero-order valence-corrected chi connectivity index (χ0v) is 22.3. The van der Waals surface area contributed by atoms with Crippen molar-refractivity contribution in [1.82, 2.24) is 5.32 Å². The number of benzene rings is 3. The molecule has 1 aliphatic heterocycles. The molecule has 39 heavy (non-hydrogen) atoms. The van der Waals surface area contributed by atoms with Crippen LogP contribution in [0.2, 0.25) is 0 Å². The number of nitrogens with one attached hydrogen (secondary N) is 1. The van der Waals surface area contributed by atoms with E-state index in [1.807, 2.05) is 4.90 Å². The van der Waals surface area contributed by atoms with Crippen LogP contribution in [0, 0.1) is 0 Å². The molecular formula is C29H31F3N2O4S. The van der Waals surface area contributed by atoms with Crippen molar-refractivity contribution in [3.8, 4) is 0 Å². The van der Waals surface area contributed by atoms with Crippen molar-refractivity contribution in [2.75, 3.05) is 23.8 Å². The second-order valence-corrected chi connectivity index (χ2v) is 11.9. The predicted molar refractivity (Wildman–Crippen MR) is 143 cm³/mol.